The zero-order valence-electron chi connectivity index (χ0n) is 4.46. The third-order valence-electron chi connectivity index (χ3n) is 0.486. The van der Waals surface area contributed by atoms with E-state index in [1.54, 1.807) is 6.92 Å². The van der Waals surface area contributed by atoms with Crippen LogP contribution in [0.2, 0.25) is 0 Å². The number of aliphatic carboxylic acids is 1. The van der Waals surface area contributed by atoms with Crippen LogP contribution in [0.5, 0.6) is 0 Å². The molecular weight excluding hydrogens is 144 g/mol. The average Bonchev–Trinajstić information content (AvgIpc) is 1.21. The zero-order valence-corrected chi connectivity index (χ0v) is 6.25. The number of carbonyl (C=O) groups is 1. The van der Waals surface area contributed by atoms with Gasteiger partial charge in [0, 0.05) is 0 Å². The Kier molecular flexibility index (Phi) is 2.70. The number of carboxylic acids is 1. The maximum absolute atomic E-state index is 9.92. The lowest BCUT2D eigenvalue weighted by Crippen LogP contribution is -2.12. The van der Waals surface area contributed by atoms with Crippen LogP contribution in [0.25, 0.3) is 0 Å². The topological polar surface area (TPSA) is 37.3 Å². The Morgan fingerprint density at radius 3 is 2.12 bits per heavy atom. The second-order valence-electron chi connectivity index (χ2n) is 1.79. The van der Waals surface area contributed by atoms with E-state index in [0.717, 1.165) is 0 Å². The largest absolute Gasteiger partial charge is 0.481 e. The van der Waals surface area contributed by atoms with Crippen molar-refractivity contribution in [1.29, 1.82) is 0 Å². The van der Waals surface area contributed by atoms with Crippen LogP contribution in [-0.4, -0.2) is 15.2 Å². The summed E-state index contributed by atoms with van der Waals surface area (Å²) in [5, 5.41) is 8.15. The molecule has 0 fully saturated rings. The maximum Gasteiger partial charge on any atom is 0.305 e. The van der Waals surface area contributed by atoms with Gasteiger partial charge in [-0.15, -0.1) is 0 Å². The normalized spacial score (nSPS) is 11.4. The van der Waals surface area contributed by atoms with Crippen molar-refractivity contribution in [2.24, 2.45) is 0 Å². The highest BCUT2D eigenvalue weighted by molar-refractivity contribution is 8.00. The van der Waals surface area contributed by atoms with E-state index >= 15 is 0 Å². The summed E-state index contributed by atoms with van der Waals surface area (Å²) in [6.45, 7) is 1.63. The smallest absolute Gasteiger partial charge is 0.305 e. The van der Waals surface area contributed by atoms with Gasteiger partial charge in [0.25, 0.3) is 0 Å². The molecule has 0 aliphatic heterocycles. The molecular formula is C4H8O2S2. The summed E-state index contributed by atoms with van der Waals surface area (Å²) in [6, 6.07) is 0. The van der Waals surface area contributed by atoms with Crippen LogP contribution in [0.3, 0.4) is 0 Å². The van der Waals surface area contributed by atoms with Gasteiger partial charge in [-0.2, -0.15) is 25.3 Å². The van der Waals surface area contributed by atoms with Gasteiger partial charge in [0.1, 0.15) is 0 Å². The van der Waals surface area contributed by atoms with Crippen molar-refractivity contribution in [2.75, 3.05) is 0 Å². The lowest BCUT2D eigenvalue weighted by molar-refractivity contribution is -0.137. The number of hydrogen-bond donors (Lipinski definition) is 3. The average molecular weight is 152 g/mol. The van der Waals surface area contributed by atoms with Crippen LogP contribution in [0.1, 0.15) is 13.3 Å². The molecule has 0 unspecified atom stereocenters. The third kappa shape index (κ3) is 6.17. The first-order valence-electron chi connectivity index (χ1n) is 2.08. The first-order valence-corrected chi connectivity index (χ1v) is 2.98. The molecule has 0 aliphatic carbocycles. The number of thiol groups is 2. The minimum Gasteiger partial charge on any atom is -0.481 e. The van der Waals surface area contributed by atoms with E-state index in [1.807, 2.05) is 0 Å². The zero-order chi connectivity index (χ0) is 6.78. The predicted octanol–water partition coefficient (Wildman–Crippen LogP) is 1.04. The molecule has 0 bridgehead atoms. The fourth-order valence-corrected chi connectivity index (χ4v) is 0.557. The fourth-order valence-electron chi connectivity index (χ4n) is 0.286. The van der Waals surface area contributed by atoms with E-state index in [0.29, 0.717) is 0 Å². The molecule has 0 rings (SSSR count). The van der Waals surface area contributed by atoms with Gasteiger partial charge in [0.05, 0.1) is 10.5 Å². The van der Waals surface area contributed by atoms with E-state index in [9.17, 15) is 4.79 Å². The van der Waals surface area contributed by atoms with Crippen LogP contribution >= 0.6 is 25.3 Å². The van der Waals surface area contributed by atoms with Gasteiger partial charge in [-0.05, 0) is 6.92 Å². The Bertz CT molecular complexity index is 94.7. The van der Waals surface area contributed by atoms with Gasteiger partial charge in [-0.25, -0.2) is 0 Å². The number of carboxylic acid groups (broad SMARTS) is 1. The van der Waals surface area contributed by atoms with Gasteiger partial charge < -0.3 is 5.11 Å². The summed E-state index contributed by atoms with van der Waals surface area (Å²) in [6.07, 6.45) is -0.0285. The molecule has 0 atom stereocenters. The Balaban J connectivity index is 3.55. The van der Waals surface area contributed by atoms with Gasteiger partial charge in [-0.3, -0.25) is 4.79 Å². The molecule has 0 saturated carbocycles. The van der Waals surface area contributed by atoms with Crippen molar-refractivity contribution >= 4 is 31.2 Å². The molecule has 0 aromatic carbocycles. The second-order valence-corrected chi connectivity index (χ2v) is 4.11. The quantitative estimate of drug-likeness (QED) is 0.408. The summed E-state index contributed by atoms with van der Waals surface area (Å²) >= 11 is 7.75. The molecule has 48 valence electrons. The van der Waals surface area contributed by atoms with Crippen LogP contribution in [0, 0.1) is 0 Å². The Labute approximate surface area is 59.1 Å². The van der Waals surface area contributed by atoms with Crippen molar-refractivity contribution in [1.82, 2.24) is 0 Å². The van der Waals surface area contributed by atoms with Crippen molar-refractivity contribution in [3.8, 4) is 0 Å². The first kappa shape index (κ1) is 8.17. The van der Waals surface area contributed by atoms with Gasteiger partial charge in [-0.1, -0.05) is 0 Å². The van der Waals surface area contributed by atoms with Crippen LogP contribution < -0.4 is 0 Å². The van der Waals surface area contributed by atoms with Crippen molar-refractivity contribution in [2.45, 2.75) is 17.4 Å². The Hall–Kier alpha value is 0.170. The molecule has 0 aliphatic rings. The highest BCUT2D eigenvalue weighted by atomic mass is 32.2. The molecule has 0 spiro atoms. The maximum atomic E-state index is 9.92. The summed E-state index contributed by atoms with van der Waals surface area (Å²) in [4.78, 5) is 9.92. The van der Waals surface area contributed by atoms with Crippen LogP contribution in [-0.2, 0) is 4.79 Å². The molecule has 0 radical (unpaired) electrons. The van der Waals surface area contributed by atoms with Crippen molar-refractivity contribution in [3.05, 3.63) is 0 Å². The number of hydrogen-bond acceptors (Lipinski definition) is 3. The van der Waals surface area contributed by atoms with Crippen LogP contribution in [0.4, 0.5) is 0 Å². The van der Waals surface area contributed by atoms with Gasteiger partial charge in [0.15, 0.2) is 0 Å². The van der Waals surface area contributed by atoms with Gasteiger partial charge >= 0.3 is 5.97 Å². The summed E-state index contributed by atoms with van der Waals surface area (Å²) < 4.78 is -0.689. The molecule has 2 nitrogen and oxygen atoms in total. The van der Waals surface area contributed by atoms with E-state index in [2.05, 4.69) is 25.3 Å². The highest BCUT2D eigenvalue weighted by Gasteiger charge is 2.16. The lowest BCUT2D eigenvalue weighted by atomic mass is 10.3. The van der Waals surface area contributed by atoms with E-state index in [1.165, 1.54) is 0 Å². The summed E-state index contributed by atoms with van der Waals surface area (Å²) in [5.41, 5.74) is 0. The molecule has 8 heavy (non-hydrogen) atoms. The first-order chi connectivity index (χ1) is 3.42. The summed E-state index contributed by atoms with van der Waals surface area (Å²) in [5.74, 6) is -0.877. The minimum atomic E-state index is -0.877. The molecule has 0 aromatic heterocycles. The minimum absolute atomic E-state index is 0.0285. The van der Waals surface area contributed by atoms with E-state index in [-0.39, 0.29) is 6.42 Å². The monoisotopic (exact) mass is 152 g/mol. The Morgan fingerprint density at radius 2 is 2.12 bits per heavy atom. The van der Waals surface area contributed by atoms with E-state index < -0.39 is 10.0 Å². The van der Waals surface area contributed by atoms with E-state index in [4.69, 9.17) is 5.11 Å². The molecule has 0 amide bonds. The molecule has 4 heteroatoms. The predicted molar refractivity (Wildman–Crippen MR) is 38.6 cm³/mol. The third-order valence-corrected chi connectivity index (χ3v) is 0.802. The van der Waals surface area contributed by atoms with Crippen molar-refractivity contribution < 1.29 is 9.90 Å². The lowest BCUT2D eigenvalue weighted by Gasteiger charge is -2.11. The Morgan fingerprint density at radius 1 is 1.75 bits per heavy atom. The van der Waals surface area contributed by atoms with Crippen molar-refractivity contribution in [3.63, 3.8) is 0 Å². The molecule has 0 aromatic rings. The summed E-state index contributed by atoms with van der Waals surface area (Å²) in [7, 11) is 0. The van der Waals surface area contributed by atoms with Crippen LogP contribution in [0.15, 0.2) is 0 Å². The van der Waals surface area contributed by atoms with Gasteiger partial charge in [0.2, 0.25) is 0 Å². The fraction of sp³-hybridized carbons (Fsp3) is 0.750. The molecule has 0 heterocycles. The highest BCUT2D eigenvalue weighted by Crippen LogP contribution is 2.21. The second kappa shape index (κ2) is 2.64. The SMILES string of the molecule is CC(S)(S)CC(=O)O. The standard InChI is InChI=1S/C4H8O2S2/c1-4(7,8)2-3(5)6/h7-8H,2H2,1H3,(H,5,6). The molecule has 1 N–H and O–H groups in total. The molecule has 0 saturated heterocycles. The number of rotatable bonds is 2.